The topological polar surface area (TPSA) is 78.4 Å². The maximum atomic E-state index is 12.6. The van der Waals surface area contributed by atoms with Gasteiger partial charge in [0.2, 0.25) is 5.91 Å². The number of carbonyl (C=O) groups is 2. The largest absolute Gasteiger partial charge is 0.480 e. The van der Waals surface area contributed by atoms with Crippen LogP contribution in [-0.2, 0) is 22.4 Å². The van der Waals surface area contributed by atoms with Crippen molar-refractivity contribution in [2.45, 2.75) is 38.3 Å². The van der Waals surface area contributed by atoms with E-state index in [9.17, 15) is 14.7 Å². The third-order valence-corrected chi connectivity index (χ3v) is 5.20. The molecule has 5 nitrogen and oxygen atoms in total. The van der Waals surface area contributed by atoms with E-state index in [1.165, 1.54) is 5.56 Å². The molecule has 27 heavy (non-hydrogen) atoms. The molecule has 1 aliphatic rings. The lowest BCUT2D eigenvalue weighted by Crippen LogP contribution is -2.41. The van der Waals surface area contributed by atoms with Gasteiger partial charge in [-0.1, -0.05) is 54.4 Å². The van der Waals surface area contributed by atoms with E-state index in [1.807, 2.05) is 24.3 Å². The van der Waals surface area contributed by atoms with Crippen LogP contribution >= 0.6 is 23.2 Å². The molecule has 0 saturated heterocycles. The molecule has 0 spiro atoms. The van der Waals surface area contributed by atoms with Crippen molar-refractivity contribution < 1.29 is 14.7 Å². The first-order chi connectivity index (χ1) is 12.9. The minimum atomic E-state index is -0.994. The highest BCUT2D eigenvalue weighted by molar-refractivity contribution is 6.35. The zero-order valence-electron chi connectivity index (χ0n) is 14.8. The van der Waals surface area contributed by atoms with Crippen LogP contribution in [0.25, 0.3) is 0 Å². The van der Waals surface area contributed by atoms with Crippen molar-refractivity contribution in [1.82, 2.24) is 5.32 Å². The normalized spacial score (nSPS) is 18.3. The quantitative estimate of drug-likeness (QED) is 0.694. The zero-order chi connectivity index (χ0) is 19.6. The monoisotopic (exact) mass is 406 g/mol. The molecule has 0 aromatic heterocycles. The summed E-state index contributed by atoms with van der Waals surface area (Å²) < 4.78 is 0. The van der Waals surface area contributed by atoms with Gasteiger partial charge in [-0.25, -0.2) is 4.79 Å². The van der Waals surface area contributed by atoms with Crippen molar-refractivity contribution in [1.29, 1.82) is 0 Å². The van der Waals surface area contributed by atoms with E-state index < -0.39 is 18.1 Å². The highest BCUT2D eigenvalue weighted by Gasteiger charge is 2.33. The molecule has 2 atom stereocenters. The van der Waals surface area contributed by atoms with Crippen molar-refractivity contribution in [3.63, 3.8) is 0 Å². The molecule has 3 N–H and O–H groups in total. The van der Waals surface area contributed by atoms with E-state index in [-0.39, 0.29) is 18.7 Å². The molecule has 3 rings (SSSR count). The Hall–Kier alpha value is -2.24. The number of carboxylic acids is 1. The summed E-state index contributed by atoms with van der Waals surface area (Å²) in [6.07, 6.45) is 1.35. The summed E-state index contributed by atoms with van der Waals surface area (Å²) in [5.74, 6) is -1.18. The van der Waals surface area contributed by atoms with Gasteiger partial charge in [0.15, 0.2) is 0 Å². The van der Waals surface area contributed by atoms with E-state index >= 15 is 0 Å². The van der Waals surface area contributed by atoms with Gasteiger partial charge in [0.05, 0.1) is 12.5 Å². The van der Waals surface area contributed by atoms with Gasteiger partial charge in [0.1, 0.15) is 6.04 Å². The fraction of sp³-hybridized carbons (Fsp3) is 0.300. The van der Waals surface area contributed by atoms with Gasteiger partial charge in [-0.3, -0.25) is 4.79 Å². The first-order valence-electron chi connectivity index (χ1n) is 8.72. The highest BCUT2D eigenvalue weighted by Crippen LogP contribution is 2.39. The number of aliphatic carboxylic acids is 1. The van der Waals surface area contributed by atoms with Crippen LogP contribution in [0.4, 0.5) is 5.69 Å². The first kappa shape index (κ1) is 19.5. The summed E-state index contributed by atoms with van der Waals surface area (Å²) in [7, 11) is 0. The number of rotatable bonds is 5. The maximum absolute atomic E-state index is 12.6. The second-order valence-corrected chi connectivity index (χ2v) is 7.43. The summed E-state index contributed by atoms with van der Waals surface area (Å²) in [5, 5.41) is 16.0. The number of halogens is 2. The molecule has 0 saturated carbocycles. The van der Waals surface area contributed by atoms with Gasteiger partial charge in [0.25, 0.3) is 0 Å². The minimum Gasteiger partial charge on any atom is -0.480 e. The number of anilines is 1. The first-order valence-corrected chi connectivity index (χ1v) is 9.48. The van der Waals surface area contributed by atoms with Crippen molar-refractivity contribution in [3.8, 4) is 0 Å². The van der Waals surface area contributed by atoms with Gasteiger partial charge in [-0.05, 0) is 29.7 Å². The average Bonchev–Trinajstić information content (AvgIpc) is 2.61. The van der Waals surface area contributed by atoms with E-state index in [4.69, 9.17) is 23.2 Å². The molecule has 1 aliphatic heterocycles. The van der Waals surface area contributed by atoms with Crippen LogP contribution in [0.1, 0.15) is 36.1 Å². The van der Waals surface area contributed by atoms with Crippen LogP contribution in [0, 0.1) is 0 Å². The molecule has 2 aromatic rings. The fourth-order valence-corrected chi connectivity index (χ4v) is 3.90. The van der Waals surface area contributed by atoms with E-state index in [1.54, 1.807) is 12.1 Å². The molecule has 142 valence electrons. The van der Waals surface area contributed by atoms with Gasteiger partial charge in [0, 0.05) is 27.7 Å². The van der Waals surface area contributed by atoms with Gasteiger partial charge in [-0.2, -0.15) is 0 Å². The zero-order valence-corrected chi connectivity index (χ0v) is 16.3. The second-order valence-electron chi connectivity index (χ2n) is 6.59. The molecule has 0 fully saturated rings. The number of carboxylic acid groups (broad SMARTS) is 1. The standard InChI is InChI=1S/C20H20Cl2N2O3/c1-2-11-3-5-12(6-4-11)7-18(25)24-16-10-17(20(26)27)23-15-9-13(21)8-14(22)19(15)16/h3-6,8-9,16-17,23H,2,7,10H2,1H3,(H,24,25)(H,26,27)/t16-,17+/m0/s1. The number of carbonyl (C=O) groups excluding carboxylic acids is 1. The van der Waals surface area contributed by atoms with Gasteiger partial charge >= 0.3 is 5.97 Å². The molecule has 2 aromatic carbocycles. The molecular weight excluding hydrogens is 387 g/mol. The lowest BCUT2D eigenvalue weighted by molar-refractivity contribution is -0.138. The third-order valence-electron chi connectivity index (χ3n) is 4.67. The SMILES string of the molecule is CCc1ccc(CC(=O)N[C@H]2C[C@H](C(=O)O)Nc3cc(Cl)cc(Cl)c32)cc1. The predicted molar refractivity (Wildman–Crippen MR) is 107 cm³/mol. The van der Waals surface area contributed by atoms with Crippen molar-refractivity contribution in [2.24, 2.45) is 0 Å². The molecule has 0 radical (unpaired) electrons. The lowest BCUT2D eigenvalue weighted by atomic mass is 9.92. The van der Waals surface area contributed by atoms with E-state index in [2.05, 4.69) is 17.6 Å². The Kier molecular flexibility index (Phi) is 5.92. The van der Waals surface area contributed by atoms with Crippen molar-refractivity contribution >= 4 is 40.8 Å². The summed E-state index contributed by atoms with van der Waals surface area (Å²) in [4.78, 5) is 24.0. The summed E-state index contributed by atoms with van der Waals surface area (Å²) in [5.41, 5.74) is 3.30. The Morgan fingerprint density at radius 1 is 1.19 bits per heavy atom. The number of nitrogens with one attached hydrogen (secondary N) is 2. The Bertz CT molecular complexity index is 868. The summed E-state index contributed by atoms with van der Waals surface area (Å²) >= 11 is 12.4. The predicted octanol–water partition coefficient (Wildman–Crippen LogP) is 4.22. The van der Waals surface area contributed by atoms with Crippen LogP contribution in [-0.4, -0.2) is 23.0 Å². The van der Waals surface area contributed by atoms with Crippen LogP contribution in [0.5, 0.6) is 0 Å². The summed E-state index contributed by atoms with van der Waals surface area (Å²) in [6.45, 7) is 2.07. The molecule has 1 amide bonds. The molecule has 0 bridgehead atoms. The molecular formula is C20H20Cl2N2O3. The highest BCUT2D eigenvalue weighted by atomic mass is 35.5. The van der Waals surface area contributed by atoms with Crippen LogP contribution in [0.3, 0.4) is 0 Å². The molecule has 1 heterocycles. The van der Waals surface area contributed by atoms with Crippen LogP contribution < -0.4 is 10.6 Å². The molecule has 0 aliphatic carbocycles. The third kappa shape index (κ3) is 4.54. The number of hydrogen-bond acceptors (Lipinski definition) is 3. The molecule has 7 heteroatoms. The fourth-order valence-electron chi connectivity index (χ4n) is 3.28. The Morgan fingerprint density at radius 3 is 2.48 bits per heavy atom. The van der Waals surface area contributed by atoms with Gasteiger partial charge in [-0.15, -0.1) is 0 Å². The van der Waals surface area contributed by atoms with Crippen LogP contribution in [0.15, 0.2) is 36.4 Å². The maximum Gasteiger partial charge on any atom is 0.326 e. The summed E-state index contributed by atoms with van der Waals surface area (Å²) in [6, 6.07) is 9.75. The van der Waals surface area contributed by atoms with Crippen molar-refractivity contribution in [2.75, 3.05) is 5.32 Å². The van der Waals surface area contributed by atoms with Crippen LogP contribution in [0.2, 0.25) is 10.0 Å². The number of hydrogen-bond donors (Lipinski definition) is 3. The Morgan fingerprint density at radius 2 is 1.85 bits per heavy atom. The lowest BCUT2D eigenvalue weighted by Gasteiger charge is -2.32. The Balaban J connectivity index is 1.80. The number of fused-ring (bicyclic) bond motifs is 1. The van der Waals surface area contributed by atoms with E-state index in [0.717, 1.165) is 12.0 Å². The molecule has 0 unspecified atom stereocenters. The van der Waals surface area contributed by atoms with Gasteiger partial charge < -0.3 is 15.7 Å². The number of aryl methyl sites for hydroxylation is 1. The number of benzene rings is 2. The average molecular weight is 407 g/mol. The number of amides is 1. The minimum absolute atomic E-state index is 0.188. The van der Waals surface area contributed by atoms with Crippen molar-refractivity contribution in [3.05, 3.63) is 63.1 Å². The van der Waals surface area contributed by atoms with E-state index in [0.29, 0.717) is 21.3 Å². The smallest absolute Gasteiger partial charge is 0.326 e. The Labute approximate surface area is 167 Å². The second kappa shape index (κ2) is 8.19.